The van der Waals surface area contributed by atoms with Crippen molar-refractivity contribution in [2.45, 2.75) is 12.5 Å². The quantitative estimate of drug-likeness (QED) is 0.911. The number of carbonyl (C=O) groups is 1. The normalized spacial score (nSPS) is 18.9. The SMILES string of the molecule is O=C(CC1CSCCN1)Nc1ccc2ccccc2c1. The Morgan fingerprint density at radius 3 is 2.90 bits per heavy atom. The smallest absolute Gasteiger partial charge is 0.225 e. The number of thioether (sulfide) groups is 1. The first kappa shape index (κ1) is 13.5. The summed E-state index contributed by atoms with van der Waals surface area (Å²) in [6, 6.07) is 14.5. The molecule has 4 heteroatoms. The lowest BCUT2D eigenvalue weighted by atomic mass is 10.1. The Morgan fingerprint density at radius 2 is 2.10 bits per heavy atom. The van der Waals surface area contributed by atoms with Gasteiger partial charge in [-0.25, -0.2) is 0 Å². The summed E-state index contributed by atoms with van der Waals surface area (Å²) >= 11 is 1.91. The lowest BCUT2D eigenvalue weighted by Gasteiger charge is -2.22. The van der Waals surface area contributed by atoms with Gasteiger partial charge in [0, 0.05) is 36.2 Å². The molecule has 1 amide bonds. The minimum absolute atomic E-state index is 0.0836. The summed E-state index contributed by atoms with van der Waals surface area (Å²) in [5.41, 5.74) is 0.872. The number of nitrogens with one attached hydrogen (secondary N) is 2. The standard InChI is InChI=1S/C16H18N2OS/c19-16(10-15-11-20-8-7-17-15)18-14-6-5-12-3-1-2-4-13(12)9-14/h1-6,9,15,17H,7-8,10-11H2,(H,18,19). The average Bonchev–Trinajstić information content (AvgIpc) is 2.48. The molecule has 0 aliphatic carbocycles. The highest BCUT2D eigenvalue weighted by Crippen LogP contribution is 2.19. The zero-order chi connectivity index (χ0) is 13.8. The zero-order valence-corrected chi connectivity index (χ0v) is 12.1. The molecule has 1 aliphatic rings. The summed E-state index contributed by atoms with van der Waals surface area (Å²) in [5.74, 6) is 2.24. The summed E-state index contributed by atoms with van der Waals surface area (Å²) in [6.07, 6.45) is 0.541. The number of amides is 1. The number of carbonyl (C=O) groups excluding carboxylic acids is 1. The van der Waals surface area contributed by atoms with Crippen LogP contribution in [0.3, 0.4) is 0 Å². The van der Waals surface area contributed by atoms with E-state index in [1.165, 1.54) is 5.39 Å². The first-order valence-corrected chi connectivity index (χ1v) is 8.06. The third-order valence-corrected chi connectivity index (χ3v) is 4.59. The second kappa shape index (κ2) is 6.29. The number of benzene rings is 2. The van der Waals surface area contributed by atoms with Gasteiger partial charge in [-0.3, -0.25) is 4.79 Å². The van der Waals surface area contributed by atoms with Gasteiger partial charge in [0.15, 0.2) is 0 Å². The summed E-state index contributed by atoms with van der Waals surface area (Å²) in [5, 5.41) is 8.72. The molecule has 0 radical (unpaired) electrons. The van der Waals surface area contributed by atoms with Crippen LogP contribution in [0.5, 0.6) is 0 Å². The third-order valence-electron chi connectivity index (χ3n) is 3.46. The number of anilines is 1. The van der Waals surface area contributed by atoms with Crippen LogP contribution < -0.4 is 10.6 Å². The summed E-state index contributed by atoms with van der Waals surface area (Å²) < 4.78 is 0. The van der Waals surface area contributed by atoms with Crippen LogP contribution in [-0.4, -0.2) is 30.0 Å². The van der Waals surface area contributed by atoms with E-state index in [0.29, 0.717) is 12.5 Å². The van der Waals surface area contributed by atoms with Crippen molar-refractivity contribution in [3.8, 4) is 0 Å². The van der Waals surface area contributed by atoms with Crippen LogP contribution in [-0.2, 0) is 4.79 Å². The maximum Gasteiger partial charge on any atom is 0.225 e. The second-order valence-corrected chi connectivity index (χ2v) is 6.19. The largest absolute Gasteiger partial charge is 0.326 e. The van der Waals surface area contributed by atoms with Gasteiger partial charge in [0.1, 0.15) is 0 Å². The molecule has 1 atom stereocenters. The first-order chi connectivity index (χ1) is 9.81. The van der Waals surface area contributed by atoms with Crippen LogP contribution in [0.4, 0.5) is 5.69 Å². The highest BCUT2D eigenvalue weighted by atomic mass is 32.2. The van der Waals surface area contributed by atoms with Crippen molar-refractivity contribution in [1.29, 1.82) is 0 Å². The molecule has 1 saturated heterocycles. The van der Waals surface area contributed by atoms with E-state index in [1.54, 1.807) is 0 Å². The molecule has 2 aromatic carbocycles. The average molecular weight is 286 g/mol. The van der Waals surface area contributed by atoms with E-state index in [4.69, 9.17) is 0 Å². The van der Waals surface area contributed by atoms with E-state index in [1.807, 2.05) is 42.1 Å². The van der Waals surface area contributed by atoms with Crippen molar-refractivity contribution >= 4 is 34.1 Å². The lowest BCUT2D eigenvalue weighted by molar-refractivity contribution is -0.116. The fourth-order valence-electron chi connectivity index (χ4n) is 2.45. The maximum absolute atomic E-state index is 12.1. The van der Waals surface area contributed by atoms with E-state index in [9.17, 15) is 4.79 Å². The van der Waals surface area contributed by atoms with Crippen LogP contribution in [0.1, 0.15) is 6.42 Å². The summed E-state index contributed by atoms with van der Waals surface area (Å²) in [6.45, 7) is 0.999. The van der Waals surface area contributed by atoms with Crippen molar-refractivity contribution in [1.82, 2.24) is 5.32 Å². The molecular formula is C16H18N2OS. The molecule has 1 aliphatic heterocycles. The fraction of sp³-hybridized carbons (Fsp3) is 0.312. The Hall–Kier alpha value is -1.52. The van der Waals surface area contributed by atoms with Crippen molar-refractivity contribution in [2.24, 2.45) is 0 Å². The fourth-order valence-corrected chi connectivity index (χ4v) is 3.40. The Kier molecular flexibility index (Phi) is 4.23. The summed E-state index contributed by atoms with van der Waals surface area (Å²) in [4.78, 5) is 12.1. The second-order valence-electron chi connectivity index (χ2n) is 5.04. The maximum atomic E-state index is 12.1. The molecule has 0 aromatic heterocycles. The van der Waals surface area contributed by atoms with Crippen LogP contribution in [0, 0.1) is 0 Å². The van der Waals surface area contributed by atoms with Gasteiger partial charge in [0.2, 0.25) is 5.91 Å². The molecule has 104 valence electrons. The molecule has 0 saturated carbocycles. The molecular weight excluding hydrogens is 268 g/mol. The zero-order valence-electron chi connectivity index (χ0n) is 11.3. The lowest BCUT2D eigenvalue weighted by Crippen LogP contribution is -2.39. The Balaban J connectivity index is 1.64. The monoisotopic (exact) mass is 286 g/mol. The van der Waals surface area contributed by atoms with Gasteiger partial charge >= 0.3 is 0 Å². The van der Waals surface area contributed by atoms with Gasteiger partial charge in [-0.15, -0.1) is 0 Å². The van der Waals surface area contributed by atoms with E-state index in [-0.39, 0.29) is 5.91 Å². The number of rotatable bonds is 3. The Morgan fingerprint density at radius 1 is 1.25 bits per heavy atom. The van der Waals surface area contributed by atoms with Crippen LogP contribution in [0.15, 0.2) is 42.5 Å². The molecule has 1 fully saturated rings. The van der Waals surface area contributed by atoms with Crippen molar-refractivity contribution in [3.05, 3.63) is 42.5 Å². The molecule has 1 heterocycles. The van der Waals surface area contributed by atoms with E-state index >= 15 is 0 Å². The van der Waals surface area contributed by atoms with Crippen LogP contribution >= 0.6 is 11.8 Å². The minimum Gasteiger partial charge on any atom is -0.326 e. The van der Waals surface area contributed by atoms with Crippen molar-refractivity contribution in [3.63, 3.8) is 0 Å². The van der Waals surface area contributed by atoms with E-state index < -0.39 is 0 Å². The molecule has 0 bridgehead atoms. The molecule has 2 N–H and O–H groups in total. The molecule has 3 nitrogen and oxygen atoms in total. The topological polar surface area (TPSA) is 41.1 Å². The summed E-state index contributed by atoms with van der Waals surface area (Å²) in [7, 11) is 0. The molecule has 20 heavy (non-hydrogen) atoms. The van der Waals surface area contributed by atoms with Crippen LogP contribution in [0.25, 0.3) is 10.8 Å². The molecule has 1 unspecified atom stereocenters. The Bertz CT molecular complexity index is 608. The molecule has 3 rings (SSSR count). The first-order valence-electron chi connectivity index (χ1n) is 6.91. The number of fused-ring (bicyclic) bond motifs is 1. The predicted molar refractivity (Wildman–Crippen MR) is 86.3 cm³/mol. The van der Waals surface area contributed by atoms with Gasteiger partial charge < -0.3 is 10.6 Å². The molecule has 2 aromatic rings. The minimum atomic E-state index is 0.0836. The Labute approximate surface area is 123 Å². The predicted octanol–water partition coefficient (Wildman–Crippen LogP) is 2.87. The van der Waals surface area contributed by atoms with Gasteiger partial charge in [0.25, 0.3) is 0 Å². The van der Waals surface area contributed by atoms with Crippen molar-refractivity contribution < 1.29 is 4.79 Å². The van der Waals surface area contributed by atoms with Gasteiger partial charge in [-0.1, -0.05) is 30.3 Å². The van der Waals surface area contributed by atoms with Gasteiger partial charge in [-0.05, 0) is 22.9 Å². The van der Waals surface area contributed by atoms with E-state index in [2.05, 4.69) is 22.8 Å². The van der Waals surface area contributed by atoms with Gasteiger partial charge in [0.05, 0.1) is 0 Å². The molecule has 0 spiro atoms. The highest BCUT2D eigenvalue weighted by Gasteiger charge is 2.16. The number of hydrogen-bond acceptors (Lipinski definition) is 3. The van der Waals surface area contributed by atoms with Crippen LogP contribution in [0.2, 0.25) is 0 Å². The highest BCUT2D eigenvalue weighted by molar-refractivity contribution is 7.99. The van der Waals surface area contributed by atoms with Gasteiger partial charge in [-0.2, -0.15) is 11.8 Å². The van der Waals surface area contributed by atoms with Crippen molar-refractivity contribution in [2.75, 3.05) is 23.4 Å². The number of hydrogen-bond donors (Lipinski definition) is 2. The van der Waals surface area contributed by atoms with E-state index in [0.717, 1.165) is 29.1 Å². The third kappa shape index (κ3) is 3.32.